The van der Waals surface area contributed by atoms with Crippen molar-refractivity contribution in [3.63, 3.8) is 0 Å². The number of nitrogens with zero attached hydrogens (tertiary/aromatic N) is 6. The molecule has 0 aliphatic rings. The molecule has 11 nitrogen and oxygen atoms in total. The van der Waals surface area contributed by atoms with Crippen LogP contribution in [0.2, 0.25) is 5.02 Å². The monoisotopic (exact) mass is 569 g/mol. The molecule has 1 aromatic carbocycles. The van der Waals surface area contributed by atoms with Crippen LogP contribution in [0.4, 0.5) is 0 Å². The summed E-state index contributed by atoms with van der Waals surface area (Å²) in [6.07, 6.45) is 3.16. The van der Waals surface area contributed by atoms with Crippen molar-refractivity contribution in [2.24, 2.45) is 20.0 Å². The Balaban J connectivity index is 1.87. The number of halogens is 1. The molecule has 0 aliphatic heterocycles. The summed E-state index contributed by atoms with van der Waals surface area (Å²) in [7, 11) is 0.705. The van der Waals surface area contributed by atoms with Crippen LogP contribution in [0.15, 0.2) is 57.2 Å². The van der Waals surface area contributed by atoms with E-state index in [4.69, 9.17) is 16.7 Å². The van der Waals surface area contributed by atoms with Gasteiger partial charge in [0.15, 0.2) is 5.65 Å². The van der Waals surface area contributed by atoms with Gasteiger partial charge in [-0.2, -0.15) is 5.10 Å². The Morgan fingerprint density at radius 1 is 1.10 bits per heavy atom. The van der Waals surface area contributed by atoms with Gasteiger partial charge in [-0.05, 0) is 48.9 Å². The first kappa shape index (κ1) is 26.9. The maximum absolute atomic E-state index is 13.6. The molecule has 0 bridgehead atoms. The first-order valence-electron chi connectivity index (χ1n) is 12.3. The van der Waals surface area contributed by atoms with Crippen molar-refractivity contribution in [1.82, 2.24) is 33.2 Å². The fraction of sp³-hybridized carbons (Fsp3) is 0.308. The van der Waals surface area contributed by atoms with E-state index in [1.165, 1.54) is 30.9 Å². The quantitative estimate of drug-likeness (QED) is 0.321. The predicted octanol–water partition coefficient (Wildman–Crippen LogP) is 2.72. The summed E-state index contributed by atoms with van der Waals surface area (Å²) in [5.74, 6) is 0.102. The minimum Gasteiger partial charge on any atom is -0.348 e. The van der Waals surface area contributed by atoms with Gasteiger partial charge in [0.2, 0.25) is 10.0 Å². The lowest BCUT2D eigenvalue weighted by molar-refractivity contribution is 0.498. The van der Waals surface area contributed by atoms with E-state index in [0.717, 1.165) is 21.0 Å². The van der Waals surface area contributed by atoms with E-state index in [9.17, 15) is 18.0 Å². The fourth-order valence-corrected chi connectivity index (χ4v) is 5.75. The average Bonchev–Trinajstić information content (AvgIpc) is 3.46. The molecule has 0 fully saturated rings. The molecule has 0 saturated carbocycles. The van der Waals surface area contributed by atoms with Gasteiger partial charge in [-0.25, -0.2) is 17.9 Å². The Bertz CT molecular complexity index is 1980. The Kier molecular flexibility index (Phi) is 6.73. The van der Waals surface area contributed by atoms with Crippen molar-refractivity contribution < 1.29 is 8.42 Å². The number of fused-ring (bicyclic) bond motifs is 2. The molecule has 5 rings (SSSR count). The van der Waals surface area contributed by atoms with E-state index in [-0.39, 0.29) is 28.4 Å². The van der Waals surface area contributed by atoms with Crippen LogP contribution in [0.3, 0.4) is 0 Å². The smallest absolute Gasteiger partial charge is 0.332 e. The van der Waals surface area contributed by atoms with Crippen molar-refractivity contribution in [1.29, 1.82) is 0 Å². The van der Waals surface area contributed by atoms with Crippen LogP contribution in [0.1, 0.15) is 19.4 Å². The zero-order valence-electron chi connectivity index (χ0n) is 22.1. The van der Waals surface area contributed by atoms with E-state index in [1.807, 2.05) is 32.0 Å². The number of rotatable bonds is 7. The van der Waals surface area contributed by atoms with Gasteiger partial charge in [-0.1, -0.05) is 25.4 Å². The lowest BCUT2D eigenvalue weighted by Gasteiger charge is -2.11. The lowest BCUT2D eigenvalue weighted by atomic mass is 10.1. The van der Waals surface area contributed by atoms with Crippen LogP contribution in [0.5, 0.6) is 0 Å². The van der Waals surface area contributed by atoms with E-state index >= 15 is 0 Å². The van der Waals surface area contributed by atoms with Gasteiger partial charge in [0.05, 0.1) is 17.8 Å². The molecule has 4 heterocycles. The largest absolute Gasteiger partial charge is 0.348 e. The van der Waals surface area contributed by atoms with Gasteiger partial charge in [0.1, 0.15) is 16.0 Å². The molecular formula is C26H28ClN7O4S. The molecule has 0 aliphatic carbocycles. The van der Waals surface area contributed by atoms with Crippen LogP contribution >= 0.6 is 11.6 Å². The van der Waals surface area contributed by atoms with Gasteiger partial charge in [-0.15, -0.1) is 0 Å². The molecule has 5 aromatic rings. The van der Waals surface area contributed by atoms with Crippen molar-refractivity contribution in [3.05, 3.63) is 74.1 Å². The molecule has 0 amide bonds. The zero-order valence-corrected chi connectivity index (χ0v) is 23.7. The number of benzene rings is 1. The van der Waals surface area contributed by atoms with Crippen molar-refractivity contribution >= 4 is 43.6 Å². The molecular weight excluding hydrogens is 542 g/mol. The molecule has 13 heteroatoms. The van der Waals surface area contributed by atoms with Gasteiger partial charge < -0.3 is 4.57 Å². The normalized spacial score (nSPS) is 12.3. The van der Waals surface area contributed by atoms with Crippen LogP contribution in [-0.4, -0.2) is 43.9 Å². The molecule has 0 atom stereocenters. The van der Waals surface area contributed by atoms with E-state index in [0.29, 0.717) is 23.0 Å². The summed E-state index contributed by atoms with van der Waals surface area (Å²) in [5, 5.41) is 6.38. The molecule has 4 aromatic heterocycles. The highest BCUT2D eigenvalue weighted by atomic mass is 35.5. The Morgan fingerprint density at radius 2 is 1.85 bits per heavy atom. The summed E-state index contributed by atoms with van der Waals surface area (Å²) in [4.78, 5) is 31.2. The van der Waals surface area contributed by atoms with Crippen molar-refractivity contribution in [2.75, 3.05) is 7.05 Å². The first-order valence-corrected chi connectivity index (χ1v) is 14.1. The maximum Gasteiger partial charge on any atom is 0.332 e. The van der Waals surface area contributed by atoms with Crippen LogP contribution < -0.4 is 16.0 Å². The third kappa shape index (κ3) is 4.58. The Hall–Kier alpha value is -3.74. The molecule has 0 unspecified atom stereocenters. The highest BCUT2D eigenvalue weighted by Gasteiger charge is 2.26. The SMILES string of the molecule is CNS(=O)(=O)c1cc(-c2c3c(=O)n(C)c(=O)n(CC(C)C)c3nn2Cc2ccnc3ccc(Cl)cc23)n(C)c1. The Morgan fingerprint density at radius 3 is 2.54 bits per heavy atom. The molecule has 1 N–H and O–H groups in total. The summed E-state index contributed by atoms with van der Waals surface area (Å²) >= 11 is 6.29. The predicted molar refractivity (Wildman–Crippen MR) is 151 cm³/mol. The Labute approximate surface area is 229 Å². The van der Waals surface area contributed by atoms with Gasteiger partial charge in [0, 0.05) is 43.4 Å². The second-order valence-electron chi connectivity index (χ2n) is 9.87. The summed E-state index contributed by atoms with van der Waals surface area (Å²) in [5.41, 5.74) is 1.68. The summed E-state index contributed by atoms with van der Waals surface area (Å²) < 4.78 is 33.4. The number of aromatic nitrogens is 6. The summed E-state index contributed by atoms with van der Waals surface area (Å²) in [6.45, 7) is 4.50. The standard InChI is InChI=1S/C26H28ClN7O4S/c1-15(2)12-33-24-22(25(35)32(5)26(33)36)23(21-11-18(14-31(21)4)39(37,38)28-3)34(30-24)13-16-8-9-29-20-7-6-17(27)10-19(16)20/h6-11,14-15,28H,12-13H2,1-5H3. The van der Waals surface area contributed by atoms with Crippen LogP contribution in [0.25, 0.3) is 33.3 Å². The third-order valence-corrected chi connectivity index (χ3v) is 8.31. The topological polar surface area (TPSA) is 126 Å². The second-order valence-corrected chi connectivity index (χ2v) is 12.2. The van der Waals surface area contributed by atoms with Crippen molar-refractivity contribution in [3.8, 4) is 11.4 Å². The highest BCUT2D eigenvalue weighted by Crippen LogP contribution is 2.31. The first-order chi connectivity index (χ1) is 18.4. The number of pyridine rings is 1. The highest BCUT2D eigenvalue weighted by molar-refractivity contribution is 7.89. The van der Waals surface area contributed by atoms with Crippen molar-refractivity contribution in [2.45, 2.75) is 31.8 Å². The molecule has 204 valence electrons. The fourth-order valence-electron chi connectivity index (χ4n) is 4.77. The molecule has 0 saturated heterocycles. The number of aryl methyl sites for hydroxylation is 1. The molecule has 0 spiro atoms. The lowest BCUT2D eigenvalue weighted by Crippen LogP contribution is -2.38. The maximum atomic E-state index is 13.6. The number of sulfonamides is 1. The minimum absolute atomic E-state index is 0.0388. The third-order valence-electron chi connectivity index (χ3n) is 6.69. The number of hydrogen-bond acceptors (Lipinski definition) is 6. The number of hydrogen-bond donors (Lipinski definition) is 1. The zero-order chi connectivity index (χ0) is 28.2. The van der Waals surface area contributed by atoms with Gasteiger partial charge in [-0.3, -0.25) is 23.6 Å². The van der Waals surface area contributed by atoms with E-state index in [1.54, 1.807) is 28.6 Å². The second kappa shape index (κ2) is 9.78. The van der Waals surface area contributed by atoms with Gasteiger partial charge >= 0.3 is 5.69 Å². The van der Waals surface area contributed by atoms with E-state index < -0.39 is 21.3 Å². The van der Waals surface area contributed by atoms with Gasteiger partial charge in [0.25, 0.3) is 5.56 Å². The van der Waals surface area contributed by atoms with Crippen LogP contribution in [0, 0.1) is 5.92 Å². The number of nitrogens with one attached hydrogen (secondary N) is 1. The molecule has 39 heavy (non-hydrogen) atoms. The summed E-state index contributed by atoms with van der Waals surface area (Å²) in [6, 6.07) is 8.74. The van der Waals surface area contributed by atoms with E-state index in [2.05, 4.69) is 9.71 Å². The average molecular weight is 570 g/mol. The minimum atomic E-state index is -3.76. The van der Waals surface area contributed by atoms with Crippen LogP contribution in [-0.2, 0) is 37.2 Å². The molecule has 0 radical (unpaired) electrons.